The molecule has 3 rings (SSSR count). The van der Waals surface area contributed by atoms with Gasteiger partial charge < -0.3 is 14.8 Å². The lowest BCUT2D eigenvalue weighted by Gasteiger charge is -2.19. The van der Waals surface area contributed by atoms with Gasteiger partial charge in [0.2, 0.25) is 0 Å². The minimum Gasteiger partial charge on any atom is -0.492 e. The Balaban J connectivity index is 1.38. The van der Waals surface area contributed by atoms with Gasteiger partial charge in [0.1, 0.15) is 18.1 Å². The molecule has 4 nitrogen and oxygen atoms in total. The molecule has 0 aliphatic heterocycles. The zero-order valence-corrected chi connectivity index (χ0v) is 16.7. The minimum absolute atomic E-state index is 0.0153. The molecule has 0 aliphatic carbocycles. The summed E-state index contributed by atoms with van der Waals surface area (Å²) in [4.78, 5) is 12.0. The van der Waals surface area contributed by atoms with Gasteiger partial charge in [-0.1, -0.05) is 63.2 Å². The number of hydrogen-bond acceptors (Lipinski definition) is 3. The Morgan fingerprint density at radius 2 is 1.54 bits per heavy atom. The summed E-state index contributed by atoms with van der Waals surface area (Å²) in [6.45, 7) is 7.37. The molecule has 1 N–H and O–H groups in total. The molecule has 28 heavy (non-hydrogen) atoms. The molecule has 0 unspecified atom stereocenters. The van der Waals surface area contributed by atoms with E-state index < -0.39 is 0 Å². The lowest BCUT2D eigenvalue weighted by atomic mass is 9.87. The molecule has 0 aliphatic rings. The van der Waals surface area contributed by atoms with Crippen molar-refractivity contribution in [3.05, 3.63) is 72.3 Å². The van der Waals surface area contributed by atoms with Gasteiger partial charge in [0.25, 0.3) is 5.91 Å². The molecular weight excluding hydrogens is 350 g/mol. The number of nitrogens with one attached hydrogen (secondary N) is 1. The van der Waals surface area contributed by atoms with E-state index in [2.05, 4.69) is 38.2 Å². The molecule has 0 radical (unpaired) electrons. The van der Waals surface area contributed by atoms with Crippen LogP contribution >= 0.6 is 0 Å². The highest BCUT2D eigenvalue weighted by molar-refractivity contribution is 5.84. The van der Waals surface area contributed by atoms with Crippen molar-refractivity contribution < 1.29 is 14.3 Å². The monoisotopic (exact) mass is 377 g/mol. The van der Waals surface area contributed by atoms with Crippen molar-refractivity contribution in [3.63, 3.8) is 0 Å². The second-order valence-electron chi connectivity index (χ2n) is 7.77. The van der Waals surface area contributed by atoms with Gasteiger partial charge in [0.05, 0.1) is 6.54 Å². The first kappa shape index (κ1) is 19.7. The Hall–Kier alpha value is -3.01. The van der Waals surface area contributed by atoms with Gasteiger partial charge in [-0.05, 0) is 46.0 Å². The number of amides is 1. The SMILES string of the molecule is CC(C)(C)c1ccc(OCCNC(=O)COc2ccc3ccccc3c2)cc1. The number of fused-ring (bicyclic) bond motifs is 1. The highest BCUT2D eigenvalue weighted by Crippen LogP contribution is 2.24. The molecule has 0 saturated heterocycles. The molecule has 1 amide bonds. The Morgan fingerprint density at radius 1 is 0.857 bits per heavy atom. The van der Waals surface area contributed by atoms with E-state index in [0.29, 0.717) is 18.9 Å². The van der Waals surface area contributed by atoms with Crippen LogP contribution in [0, 0.1) is 0 Å². The maximum atomic E-state index is 12.0. The molecule has 3 aromatic carbocycles. The van der Waals surface area contributed by atoms with Gasteiger partial charge in [-0.2, -0.15) is 0 Å². The summed E-state index contributed by atoms with van der Waals surface area (Å²) in [6, 6.07) is 21.9. The summed E-state index contributed by atoms with van der Waals surface area (Å²) >= 11 is 0. The fourth-order valence-corrected chi connectivity index (χ4v) is 2.87. The van der Waals surface area contributed by atoms with Crippen molar-refractivity contribution in [2.24, 2.45) is 0 Å². The Morgan fingerprint density at radius 3 is 2.25 bits per heavy atom. The summed E-state index contributed by atoms with van der Waals surface area (Å²) in [6.07, 6.45) is 0. The third-order valence-electron chi connectivity index (χ3n) is 4.50. The topological polar surface area (TPSA) is 47.6 Å². The normalized spacial score (nSPS) is 11.2. The van der Waals surface area contributed by atoms with Crippen LogP contribution in [0.4, 0.5) is 0 Å². The third kappa shape index (κ3) is 5.49. The molecule has 4 heteroatoms. The molecule has 0 atom stereocenters. The van der Waals surface area contributed by atoms with Crippen LogP contribution in [-0.2, 0) is 10.2 Å². The predicted octanol–water partition coefficient (Wildman–Crippen LogP) is 4.71. The van der Waals surface area contributed by atoms with Crippen molar-refractivity contribution in [2.75, 3.05) is 19.8 Å². The van der Waals surface area contributed by atoms with Crippen LogP contribution in [0.15, 0.2) is 66.7 Å². The molecule has 0 bridgehead atoms. The fraction of sp³-hybridized carbons (Fsp3) is 0.292. The molecule has 146 valence electrons. The van der Waals surface area contributed by atoms with Gasteiger partial charge in [-0.15, -0.1) is 0 Å². The van der Waals surface area contributed by atoms with Crippen molar-refractivity contribution in [1.82, 2.24) is 5.32 Å². The van der Waals surface area contributed by atoms with Crippen LogP contribution in [0.25, 0.3) is 10.8 Å². The first-order valence-corrected chi connectivity index (χ1v) is 9.53. The molecule has 0 heterocycles. The number of rotatable bonds is 7. The standard InChI is InChI=1S/C24H27NO3/c1-24(2,3)20-9-12-21(13-10-20)27-15-14-25-23(26)17-28-22-11-8-18-6-4-5-7-19(18)16-22/h4-13,16H,14-15,17H2,1-3H3,(H,25,26). The lowest BCUT2D eigenvalue weighted by Crippen LogP contribution is -2.32. The summed E-state index contributed by atoms with van der Waals surface area (Å²) in [5, 5.41) is 5.04. The Labute approximate surface area is 166 Å². The lowest BCUT2D eigenvalue weighted by molar-refractivity contribution is -0.123. The average molecular weight is 377 g/mol. The third-order valence-corrected chi connectivity index (χ3v) is 4.50. The predicted molar refractivity (Wildman–Crippen MR) is 113 cm³/mol. The van der Waals surface area contributed by atoms with Crippen molar-refractivity contribution >= 4 is 16.7 Å². The van der Waals surface area contributed by atoms with Crippen LogP contribution in [0.5, 0.6) is 11.5 Å². The maximum absolute atomic E-state index is 12.0. The molecule has 3 aromatic rings. The maximum Gasteiger partial charge on any atom is 0.258 e. The summed E-state index contributed by atoms with van der Waals surface area (Å²) < 4.78 is 11.3. The zero-order valence-electron chi connectivity index (χ0n) is 16.7. The molecule has 0 saturated carbocycles. The second kappa shape index (κ2) is 8.79. The van der Waals surface area contributed by atoms with Gasteiger partial charge in [0.15, 0.2) is 6.61 Å². The summed E-state index contributed by atoms with van der Waals surface area (Å²) in [5.74, 6) is 1.32. The van der Waals surface area contributed by atoms with E-state index in [1.165, 1.54) is 5.56 Å². The van der Waals surface area contributed by atoms with Gasteiger partial charge in [0, 0.05) is 0 Å². The Kier molecular flexibility index (Phi) is 6.19. The zero-order chi connectivity index (χ0) is 20.0. The number of carbonyl (C=O) groups is 1. The number of carbonyl (C=O) groups excluding carboxylic acids is 1. The Bertz CT molecular complexity index is 926. The molecule has 0 fully saturated rings. The molecule has 0 spiro atoms. The van der Waals surface area contributed by atoms with E-state index in [0.717, 1.165) is 16.5 Å². The quantitative estimate of drug-likeness (QED) is 0.607. The first-order chi connectivity index (χ1) is 13.4. The van der Waals surface area contributed by atoms with Gasteiger partial charge >= 0.3 is 0 Å². The largest absolute Gasteiger partial charge is 0.492 e. The van der Waals surface area contributed by atoms with Gasteiger partial charge in [-0.25, -0.2) is 0 Å². The van der Waals surface area contributed by atoms with Crippen LogP contribution < -0.4 is 14.8 Å². The highest BCUT2D eigenvalue weighted by Gasteiger charge is 2.12. The van der Waals surface area contributed by atoms with E-state index in [-0.39, 0.29) is 17.9 Å². The van der Waals surface area contributed by atoms with E-state index >= 15 is 0 Å². The van der Waals surface area contributed by atoms with Crippen LogP contribution in [-0.4, -0.2) is 25.7 Å². The highest BCUT2D eigenvalue weighted by atomic mass is 16.5. The van der Waals surface area contributed by atoms with E-state index in [4.69, 9.17) is 9.47 Å². The number of benzene rings is 3. The van der Waals surface area contributed by atoms with E-state index in [9.17, 15) is 4.79 Å². The summed E-state index contributed by atoms with van der Waals surface area (Å²) in [5.41, 5.74) is 1.39. The number of ether oxygens (including phenoxy) is 2. The first-order valence-electron chi connectivity index (χ1n) is 9.53. The minimum atomic E-state index is -0.167. The summed E-state index contributed by atoms with van der Waals surface area (Å²) in [7, 11) is 0. The average Bonchev–Trinajstić information content (AvgIpc) is 2.69. The second-order valence-corrected chi connectivity index (χ2v) is 7.77. The van der Waals surface area contributed by atoms with Crippen molar-refractivity contribution in [2.45, 2.75) is 26.2 Å². The van der Waals surface area contributed by atoms with Crippen LogP contribution in [0.3, 0.4) is 0 Å². The van der Waals surface area contributed by atoms with Crippen LogP contribution in [0.2, 0.25) is 0 Å². The molecular formula is C24H27NO3. The smallest absolute Gasteiger partial charge is 0.258 e. The number of hydrogen-bond donors (Lipinski definition) is 1. The van der Waals surface area contributed by atoms with E-state index in [1.54, 1.807) is 0 Å². The van der Waals surface area contributed by atoms with Gasteiger partial charge in [-0.3, -0.25) is 4.79 Å². The van der Waals surface area contributed by atoms with Crippen molar-refractivity contribution in [1.29, 1.82) is 0 Å². The van der Waals surface area contributed by atoms with Crippen molar-refractivity contribution in [3.8, 4) is 11.5 Å². The fourth-order valence-electron chi connectivity index (χ4n) is 2.87. The van der Waals surface area contributed by atoms with E-state index in [1.807, 2.05) is 54.6 Å². The molecule has 0 aromatic heterocycles. The van der Waals surface area contributed by atoms with Crippen LogP contribution in [0.1, 0.15) is 26.3 Å².